The lowest BCUT2D eigenvalue weighted by Crippen LogP contribution is -2.01. The van der Waals surface area contributed by atoms with Crippen molar-refractivity contribution in [3.8, 4) is 0 Å². The Morgan fingerprint density at radius 1 is 1.06 bits per heavy atom. The molecule has 1 atom stereocenters. The third-order valence-electron chi connectivity index (χ3n) is 2.66. The van der Waals surface area contributed by atoms with Crippen LogP contribution in [0.4, 0.5) is 0 Å². The first-order chi connectivity index (χ1) is 8.65. The lowest BCUT2D eigenvalue weighted by Gasteiger charge is -2.10. The van der Waals surface area contributed by atoms with Gasteiger partial charge in [0.15, 0.2) is 0 Å². The molecule has 0 saturated heterocycles. The topological polar surface area (TPSA) is 29.1 Å². The van der Waals surface area contributed by atoms with Gasteiger partial charge in [0.25, 0.3) is 0 Å². The van der Waals surface area contributed by atoms with Gasteiger partial charge in [-0.1, -0.05) is 57.9 Å². The van der Waals surface area contributed by atoms with Gasteiger partial charge in [-0.2, -0.15) is 5.11 Å². The quantitative estimate of drug-likeness (QED) is 0.770. The molecule has 0 spiro atoms. The fourth-order valence-corrected chi connectivity index (χ4v) is 1.84. The van der Waals surface area contributed by atoms with Gasteiger partial charge in [0.1, 0.15) is 0 Å². The van der Waals surface area contributed by atoms with Crippen LogP contribution in [-0.4, -0.2) is 0 Å². The molecule has 0 aliphatic heterocycles. The summed E-state index contributed by atoms with van der Waals surface area (Å²) in [6, 6.07) is 15.2. The van der Waals surface area contributed by atoms with Crippen molar-refractivity contribution in [1.82, 2.24) is 0 Å². The second-order valence-corrected chi connectivity index (χ2v) is 5.10. The highest BCUT2D eigenvalue weighted by Crippen LogP contribution is 2.19. The molecular formula is C15H14BrO2. The van der Waals surface area contributed by atoms with E-state index in [9.17, 15) is 5.11 Å². The van der Waals surface area contributed by atoms with Crippen molar-refractivity contribution in [1.29, 1.82) is 0 Å². The Balaban J connectivity index is 1.93. The van der Waals surface area contributed by atoms with Gasteiger partial charge in [-0.15, -0.1) is 0 Å². The van der Waals surface area contributed by atoms with E-state index in [1.807, 2.05) is 43.3 Å². The molecule has 2 aromatic rings. The van der Waals surface area contributed by atoms with Crippen LogP contribution in [0.3, 0.4) is 0 Å². The summed E-state index contributed by atoms with van der Waals surface area (Å²) in [6.45, 7) is 2.37. The molecule has 18 heavy (non-hydrogen) atoms. The molecule has 0 amide bonds. The fraction of sp³-hybridized carbons (Fsp3) is 0.200. The Hall–Kier alpha value is -1.16. The van der Waals surface area contributed by atoms with Crippen LogP contribution in [0.5, 0.6) is 0 Å². The zero-order chi connectivity index (χ0) is 13.0. The van der Waals surface area contributed by atoms with Gasteiger partial charge in [-0.25, -0.2) is 0 Å². The molecule has 1 unspecified atom stereocenters. The molecule has 0 aliphatic rings. The van der Waals surface area contributed by atoms with E-state index in [2.05, 4.69) is 15.9 Å². The van der Waals surface area contributed by atoms with E-state index in [1.54, 1.807) is 12.1 Å². The molecule has 0 heterocycles. The summed E-state index contributed by atoms with van der Waals surface area (Å²) in [4.78, 5) is 0. The molecule has 1 radical (unpaired) electrons. The number of ether oxygens (including phenoxy) is 1. The minimum absolute atomic E-state index is 0.338. The van der Waals surface area contributed by atoms with E-state index in [-0.39, 0.29) is 0 Å². The van der Waals surface area contributed by atoms with Gasteiger partial charge in [-0.05, 0) is 24.6 Å². The molecule has 93 valence electrons. The van der Waals surface area contributed by atoms with Crippen molar-refractivity contribution in [2.45, 2.75) is 19.8 Å². The average molecular weight is 306 g/mol. The van der Waals surface area contributed by atoms with Crippen molar-refractivity contribution >= 4 is 15.9 Å². The zero-order valence-electron chi connectivity index (χ0n) is 10.1. The van der Waals surface area contributed by atoms with Gasteiger partial charge in [0, 0.05) is 10.0 Å². The Morgan fingerprint density at radius 3 is 2.28 bits per heavy atom. The summed E-state index contributed by atoms with van der Waals surface area (Å²) in [7, 11) is 0. The molecule has 0 saturated carbocycles. The second kappa shape index (κ2) is 6.14. The number of benzene rings is 2. The molecule has 0 fully saturated rings. The zero-order valence-corrected chi connectivity index (χ0v) is 11.7. The fourth-order valence-electron chi connectivity index (χ4n) is 1.57. The van der Waals surface area contributed by atoms with Crippen molar-refractivity contribution in [3.63, 3.8) is 0 Å². The van der Waals surface area contributed by atoms with Gasteiger partial charge in [0.05, 0.1) is 6.61 Å². The van der Waals surface area contributed by atoms with Gasteiger partial charge >= 0.3 is 0 Å². The normalized spacial score (nSPS) is 12.4. The minimum atomic E-state index is -1.14. The number of hydrogen-bond donors (Lipinski definition) is 0. The molecule has 0 N–H and O–H groups in total. The highest BCUT2D eigenvalue weighted by atomic mass is 79.9. The Labute approximate surface area is 115 Å². The number of halogens is 1. The van der Waals surface area contributed by atoms with Crippen LogP contribution in [0.1, 0.15) is 23.0 Å². The van der Waals surface area contributed by atoms with Crippen LogP contribution >= 0.6 is 15.9 Å². The summed E-state index contributed by atoms with van der Waals surface area (Å²) in [6.07, 6.45) is -1.14. The van der Waals surface area contributed by atoms with Crippen LogP contribution in [0, 0.1) is 6.92 Å². The SMILES string of the molecule is Cc1ccc(COC([O])c2ccc(Br)cc2)cc1. The summed E-state index contributed by atoms with van der Waals surface area (Å²) < 4.78 is 6.28. The van der Waals surface area contributed by atoms with Crippen LogP contribution in [0.25, 0.3) is 0 Å². The Bertz CT molecular complexity index is 491. The Kier molecular flexibility index (Phi) is 4.53. The van der Waals surface area contributed by atoms with Gasteiger partial charge in [0.2, 0.25) is 6.29 Å². The second-order valence-electron chi connectivity index (χ2n) is 4.18. The average Bonchev–Trinajstić information content (AvgIpc) is 2.38. The third-order valence-corrected chi connectivity index (χ3v) is 3.19. The van der Waals surface area contributed by atoms with Crippen molar-refractivity contribution < 1.29 is 9.84 Å². The monoisotopic (exact) mass is 305 g/mol. The first kappa shape index (κ1) is 13.3. The molecule has 2 rings (SSSR count). The highest BCUT2D eigenvalue weighted by molar-refractivity contribution is 9.10. The van der Waals surface area contributed by atoms with Crippen LogP contribution < -0.4 is 0 Å². The summed E-state index contributed by atoms with van der Waals surface area (Å²) in [5, 5.41) is 11.8. The van der Waals surface area contributed by atoms with E-state index in [0.29, 0.717) is 12.2 Å². The maximum atomic E-state index is 11.8. The van der Waals surface area contributed by atoms with E-state index >= 15 is 0 Å². The summed E-state index contributed by atoms with van der Waals surface area (Å²) >= 11 is 3.33. The van der Waals surface area contributed by atoms with E-state index in [1.165, 1.54) is 5.56 Å². The molecule has 2 aromatic carbocycles. The third kappa shape index (κ3) is 3.67. The maximum absolute atomic E-state index is 11.8. The molecule has 0 aliphatic carbocycles. The van der Waals surface area contributed by atoms with Crippen molar-refractivity contribution in [2.24, 2.45) is 0 Å². The van der Waals surface area contributed by atoms with Crippen LogP contribution in [0.2, 0.25) is 0 Å². The molecule has 3 heteroatoms. The first-order valence-corrected chi connectivity index (χ1v) is 6.53. The molecular weight excluding hydrogens is 292 g/mol. The molecule has 0 bridgehead atoms. The molecule has 0 aromatic heterocycles. The van der Waals surface area contributed by atoms with Gasteiger partial charge in [-0.3, -0.25) is 0 Å². The summed E-state index contributed by atoms with van der Waals surface area (Å²) in [5.74, 6) is 0. The van der Waals surface area contributed by atoms with E-state index < -0.39 is 6.29 Å². The standard InChI is InChI=1S/C15H14BrO2/c1-11-2-4-12(5-3-11)10-18-15(17)13-6-8-14(16)9-7-13/h2-9,15H,10H2,1H3. The number of aryl methyl sites for hydroxylation is 1. The summed E-state index contributed by atoms with van der Waals surface area (Å²) in [5.41, 5.74) is 2.86. The maximum Gasteiger partial charge on any atom is 0.217 e. The van der Waals surface area contributed by atoms with Crippen molar-refractivity contribution in [2.75, 3.05) is 0 Å². The minimum Gasteiger partial charge on any atom is -0.341 e. The lowest BCUT2D eigenvalue weighted by molar-refractivity contribution is -0.152. The smallest absolute Gasteiger partial charge is 0.217 e. The predicted octanol–water partition coefficient (Wildman–Crippen LogP) is 4.40. The number of rotatable bonds is 4. The highest BCUT2D eigenvalue weighted by Gasteiger charge is 2.09. The van der Waals surface area contributed by atoms with Gasteiger partial charge < -0.3 is 4.74 Å². The molecule has 2 nitrogen and oxygen atoms in total. The number of hydrogen-bond acceptors (Lipinski definition) is 1. The Morgan fingerprint density at radius 2 is 1.67 bits per heavy atom. The van der Waals surface area contributed by atoms with E-state index in [0.717, 1.165) is 10.0 Å². The first-order valence-electron chi connectivity index (χ1n) is 5.73. The lowest BCUT2D eigenvalue weighted by atomic mass is 10.2. The van der Waals surface area contributed by atoms with Crippen molar-refractivity contribution in [3.05, 3.63) is 69.7 Å². The van der Waals surface area contributed by atoms with Crippen LogP contribution in [0.15, 0.2) is 53.0 Å². The predicted molar refractivity (Wildman–Crippen MR) is 73.5 cm³/mol. The van der Waals surface area contributed by atoms with Crippen LogP contribution in [-0.2, 0) is 16.5 Å². The largest absolute Gasteiger partial charge is 0.341 e. The van der Waals surface area contributed by atoms with E-state index in [4.69, 9.17) is 4.74 Å².